The van der Waals surface area contributed by atoms with Crippen molar-refractivity contribution in [3.63, 3.8) is 0 Å². The number of benzene rings is 1. The van der Waals surface area contributed by atoms with Gasteiger partial charge in [0.25, 0.3) is 0 Å². The van der Waals surface area contributed by atoms with Gasteiger partial charge >= 0.3 is 0 Å². The summed E-state index contributed by atoms with van der Waals surface area (Å²) in [6.07, 6.45) is 1.62. The van der Waals surface area contributed by atoms with Gasteiger partial charge in [-0.3, -0.25) is 4.98 Å². The number of anilines is 1. The van der Waals surface area contributed by atoms with Crippen molar-refractivity contribution >= 4 is 5.69 Å². The van der Waals surface area contributed by atoms with E-state index in [1.54, 1.807) is 19.4 Å². The van der Waals surface area contributed by atoms with E-state index < -0.39 is 0 Å². The lowest BCUT2D eigenvalue weighted by atomic mass is 10.3. The second-order valence-electron chi connectivity index (χ2n) is 3.55. The van der Waals surface area contributed by atoms with E-state index in [1.165, 1.54) is 0 Å². The van der Waals surface area contributed by atoms with Crippen LogP contribution in [0, 0.1) is 0 Å². The molecular weight excluding hydrogens is 216 g/mol. The van der Waals surface area contributed by atoms with E-state index >= 15 is 0 Å². The molecule has 0 saturated carbocycles. The fourth-order valence-electron chi connectivity index (χ4n) is 1.35. The number of methoxy groups -OCH3 is 1. The molecule has 0 aliphatic heterocycles. The Balaban J connectivity index is 1.95. The van der Waals surface area contributed by atoms with Crippen LogP contribution in [0.4, 0.5) is 5.69 Å². The maximum Gasteiger partial charge on any atom is 0.130 e. The summed E-state index contributed by atoms with van der Waals surface area (Å²) in [7, 11) is 1.63. The fourth-order valence-corrected chi connectivity index (χ4v) is 1.35. The standard InChI is InChI=1S/C13H14N2O2/c1-16-12-4-6-13(7-5-12)17-9-11-3-2-10(14)8-15-11/h2-8H,9,14H2,1H3. The SMILES string of the molecule is COc1ccc(OCc2ccc(N)cn2)cc1. The van der Waals surface area contributed by atoms with Gasteiger partial charge in [0.05, 0.1) is 24.7 Å². The van der Waals surface area contributed by atoms with Crippen LogP contribution in [-0.2, 0) is 6.61 Å². The Morgan fingerprint density at radius 2 is 1.76 bits per heavy atom. The average molecular weight is 230 g/mol. The quantitative estimate of drug-likeness (QED) is 0.875. The highest BCUT2D eigenvalue weighted by Crippen LogP contribution is 2.17. The number of hydrogen-bond acceptors (Lipinski definition) is 4. The van der Waals surface area contributed by atoms with Gasteiger partial charge in [0, 0.05) is 0 Å². The molecular formula is C13H14N2O2. The van der Waals surface area contributed by atoms with Crippen LogP contribution in [0.2, 0.25) is 0 Å². The lowest BCUT2D eigenvalue weighted by molar-refractivity contribution is 0.300. The molecule has 2 aromatic rings. The molecule has 0 bridgehead atoms. The number of rotatable bonds is 4. The van der Waals surface area contributed by atoms with E-state index in [0.29, 0.717) is 12.3 Å². The third-order valence-electron chi connectivity index (χ3n) is 2.29. The van der Waals surface area contributed by atoms with E-state index in [9.17, 15) is 0 Å². The summed E-state index contributed by atoms with van der Waals surface area (Å²) >= 11 is 0. The molecule has 0 spiro atoms. The van der Waals surface area contributed by atoms with Crippen molar-refractivity contribution in [1.82, 2.24) is 4.98 Å². The normalized spacial score (nSPS) is 9.94. The molecule has 2 N–H and O–H groups in total. The molecule has 4 nitrogen and oxygen atoms in total. The van der Waals surface area contributed by atoms with Crippen molar-refractivity contribution in [3.05, 3.63) is 48.3 Å². The highest BCUT2D eigenvalue weighted by Gasteiger charge is 1.98. The van der Waals surface area contributed by atoms with Gasteiger partial charge in [-0.15, -0.1) is 0 Å². The van der Waals surface area contributed by atoms with Crippen LogP contribution in [0.25, 0.3) is 0 Å². The van der Waals surface area contributed by atoms with Gasteiger partial charge in [-0.05, 0) is 36.4 Å². The maximum absolute atomic E-state index is 5.57. The number of nitrogen functional groups attached to an aromatic ring is 1. The summed E-state index contributed by atoms with van der Waals surface area (Å²) in [5.41, 5.74) is 7.04. The largest absolute Gasteiger partial charge is 0.497 e. The van der Waals surface area contributed by atoms with Crippen LogP contribution >= 0.6 is 0 Å². The minimum Gasteiger partial charge on any atom is -0.497 e. The predicted octanol–water partition coefficient (Wildman–Crippen LogP) is 2.25. The summed E-state index contributed by atoms with van der Waals surface area (Å²) in [4.78, 5) is 4.15. The van der Waals surface area contributed by atoms with Crippen molar-refractivity contribution in [3.8, 4) is 11.5 Å². The first-order valence-electron chi connectivity index (χ1n) is 5.25. The molecule has 1 aromatic heterocycles. The van der Waals surface area contributed by atoms with E-state index in [-0.39, 0.29) is 0 Å². The third kappa shape index (κ3) is 3.11. The van der Waals surface area contributed by atoms with Crippen LogP contribution < -0.4 is 15.2 Å². The summed E-state index contributed by atoms with van der Waals surface area (Å²) in [5.74, 6) is 1.59. The molecule has 17 heavy (non-hydrogen) atoms. The molecule has 88 valence electrons. The van der Waals surface area contributed by atoms with Crippen molar-refractivity contribution in [2.75, 3.05) is 12.8 Å². The Hall–Kier alpha value is -2.23. The van der Waals surface area contributed by atoms with Crippen molar-refractivity contribution in [2.24, 2.45) is 0 Å². The van der Waals surface area contributed by atoms with Gasteiger partial charge in [-0.2, -0.15) is 0 Å². The smallest absolute Gasteiger partial charge is 0.130 e. The zero-order valence-electron chi connectivity index (χ0n) is 9.59. The number of nitrogens with zero attached hydrogens (tertiary/aromatic N) is 1. The Bertz CT molecular complexity index is 466. The minimum absolute atomic E-state index is 0.423. The summed E-state index contributed by atoms with van der Waals surface area (Å²) in [6.45, 7) is 0.423. The topological polar surface area (TPSA) is 57.4 Å². The first-order chi connectivity index (χ1) is 8.28. The van der Waals surface area contributed by atoms with Crippen molar-refractivity contribution < 1.29 is 9.47 Å². The fraction of sp³-hybridized carbons (Fsp3) is 0.154. The zero-order chi connectivity index (χ0) is 12.1. The first-order valence-corrected chi connectivity index (χ1v) is 5.25. The summed E-state index contributed by atoms with van der Waals surface area (Å²) in [6, 6.07) is 11.1. The molecule has 0 aliphatic carbocycles. The highest BCUT2D eigenvalue weighted by molar-refractivity contribution is 5.35. The third-order valence-corrected chi connectivity index (χ3v) is 2.29. The molecule has 2 rings (SSSR count). The molecule has 0 aliphatic rings. The maximum atomic E-state index is 5.57. The number of nitrogens with two attached hydrogens (primary N) is 1. The van der Waals surface area contributed by atoms with Gasteiger partial charge in [0.2, 0.25) is 0 Å². The minimum atomic E-state index is 0.423. The lowest BCUT2D eigenvalue weighted by Crippen LogP contribution is -1.98. The molecule has 0 atom stereocenters. The Morgan fingerprint density at radius 1 is 1.06 bits per heavy atom. The zero-order valence-corrected chi connectivity index (χ0v) is 9.59. The van der Waals surface area contributed by atoms with Crippen LogP contribution in [0.5, 0.6) is 11.5 Å². The van der Waals surface area contributed by atoms with Gasteiger partial charge in [0.15, 0.2) is 0 Å². The van der Waals surface area contributed by atoms with Crippen molar-refractivity contribution in [1.29, 1.82) is 0 Å². The van der Waals surface area contributed by atoms with E-state index in [0.717, 1.165) is 17.2 Å². The van der Waals surface area contributed by atoms with Gasteiger partial charge in [0.1, 0.15) is 18.1 Å². The lowest BCUT2D eigenvalue weighted by Gasteiger charge is -2.06. The molecule has 0 saturated heterocycles. The monoisotopic (exact) mass is 230 g/mol. The van der Waals surface area contributed by atoms with E-state index in [2.05, 4.69) is 4.98 Å². The average Bonchev–Trinajstić information content (AvgIpc) is 2.39. The Kier molecular flexibility index (Phi) is 3.45. The second kappa shape index (κ2) is 5.21. The number of pyridine rings is 1. The molecule has 0 radical (unpaired) electrons. The predicted molar refractivity (Wildman–Crippen MR) is 66.0 cm³/mol. The van der Waals surface area contributed by atoms with Crippen LogP contribution in [0.3, 0.4) is 0 Å². The number of aromatic nitrogens is 1. The summed E-state index contributed by atoms with van der Waals surface area (Å²) in [5, 5.41) is 0. The number of hydrogen-bond donors (Lipinski definition) is 1. The van der Waals surface area contributed by atoms with Crippen molar-refractivity contribution in [2.45, 2.75) is 6.61 Å². The van der Waals surface area contributed by atoms with Crippen LogP contribution in [-0.4, -0.2) is 12.1 Å². The van der Waals surface area contributed by atoms with E-state index in [4.69, 9.17) is 15.2 Å². The van der Waals surface area contributed by atoms with Gasteiger partial charge in [-0.1, -0.05) is 0 Å². The summed E-state index contributed by atoms with van der Waals surface area (Å²) < 4.78 is 10.6. The van der Waals surface area contributed by atoms with Gasteiger partial charge < -0.3 is 15.2 Å². The number of ether oxygens (including phenoxy) is 2. The van der Waals surface area contributed by atoms with Gasteiger partial charge in [-0.25, -0.2) is 0 Å². The Morgan fingerprint density at radius 3 is 2.35 bits per heavy atom. The van der Waals surface area contributed by atoms with Crippen LogP contribution in [0.1, 0.15) is 5.69 Å². The molecule has 0 amide bonds. The molecule has 0 unspecified atom stereocenters. The molecule has 4 heteroatoms. The molecule has 0 fully saturated rings. The van der Waals surface area contributed by atoms with E-state index in [1.807, 2.05) is 30.3 Å². The molecule has 1 aromatic carbocycles. The molecule has 1 heterocycles. The first kappa shape index (κ1) is 11.3. The second-order valence-corrected chi connectivity index (χ2v) is 3.55. The van der Waals surface area contributed by atoms with Crippen LogP contribution in [0.15, 0.2) is 42.6 Å². The highest BCUT2D eigenvalue weighted by atomic mass is 16.5. The Labute approximate surface area is 100 Å².